The number of aromatic nitrogens is 2. The Morgan fingerprint density at radius 1 is 1.20 bits per heavy atom. The summed E-state index contributed by atoms with van der Waals surface area (Å²) in [4.78, 5) is 9.07. The number of hydrogen-bond donors (Lipinski definition) is 2. The van der Waals surface area contributed by atoms with Crippen LogP contribution >= 0.6 is 12.4 Å². The molecule has 4 nitrogen and oxygen atoms in total. The molecule has 0 radical (unpaired) electrons. The van der Waals surface area contributed by atoms with Crippen LogP contribution in [0, 0.1) is 0 Å². The van der Waals surface area contributed by atoms with Crippen molar-refractivity contribution < 1.29 is 0 Å². The highest BCUT2D eigenvalue weighted by Gasteiger charge is 2.11. The molecular weight excluding hydrogens is 272 g/mol. The molecule has 1 aromatic heterocycles. The molecule has 0 unspecified atom stereocenters. The van der Waals surface area contributed by atoms with E-state index in [1.807, 2.05) is 25.3 Å². The van der Waals surface area contributed by atoms with Gasteiger partial charge in [-0.3, -0.25) is 0 Å². The van der Waals surface area contributed by atoms with E-state index in [1.165, 1.54) is 0 Å². The lowest BCUT2D eigenvalue weighted by Crippen LogP contribution is -2.04. The lowest BCUT2D eigenvalue weighted by atomic mass is 10.1. The lowest BCUT2D eigenvalue weighted by Gasteiger charge is -2.12. The second-order valence-electron chi connectivity index (χ2n) is 4.24. The van der Waals surface area contributed by atoms with Crippen LogP contribution in [0.1, 0.15) is 11.5 Å². The number of halogens is 1. The van der Waals surface area contributed by atoms with E-state index < -0.39 is 0 Å². The Morgan fingerprint density at radius 2 is 1.90 bits per heavy atom. The number of rotatable bonds is 5. The molecule has 0 atom stereocenters. The van der Waals surface area contributed by atoms with Crippen LogP contribution in [0.3, 0.4) is 0 Å². The standard InChI is InChI=1S/C15H18N4.ClH/c1-4-6-10-14-11(19-13(18-10)7-5-2)8-9-12(17-3)15(14)16;/h4-5,8-9,17H,1-2,6-7,16H2,3H3;1H. The summed E-state index contributed by atoms with van der Waals surface area (Å²) < 4.78 is 0. The lowest BCUT2D eigenvalue weighted by molar-refractivity contribution is 0.971. The van der Waals surface area contributed by atoms with Gasteiger partial charge in [0.1, 0.15) is 5.82 Å². The fourth-order valence-corrected chi connectivity index (χ4v) is 2.10. The van der Waals surface area contributed by atoms with Gasteiger partial charge in [0.05, 0.1) is 22.6 Å². The highest BCUT2D eigenvalue weighted by Crippen LogP contribution is 2.30. The van der Waals surface area contributed by atoms with Crippen LogP contribution < -0.4 is 11.1 Å². The number of nitrogens with one attached hydrogen (secondary N) is 1. The molecule has 5 heteroatoms. The minimum Gasteiger partial charge on any atom is -0.396 e. The van der Waals surface area contributed by atoms with Crippen molar-refractivity contribution in [2.24, 2.45) is 0 Å². The summed E-state index contributed by atoms with van der Waals surface area (Å²) >= 11 is 0. The number of hydrogen-bond acceptors (Lipinski definition) is 4. The molecule has 2 aromatic rings. The summed E-state index contributed by atoms with van der Waals surface area (Å²) in [7, 11) is 1.84. The molecule has 106 valence electrons. The zero-order chi connectivity index (χ0) is 13.8. The van der Waals surface area contributed by atoms with Gasteiger partial charge in [0.15, 0.2) is 0 Å². The van der Waals surface area contributed by atoms with E-state index in [0.717, 1.165) is 28.1 Å². The van der Waals surface area contributed by atoms with Crippen molar-refractivity contribution in [1.82, 2.24) is 9.97 Å². The molecule has 2 rings (SSSR count). The maximum Gasteiger partial charge on any atom is 0.133 e. The number of nitrogens with zero attached hydrogens (tertiary/aromatic N) is 2. The van der Waals surface area contributed by atoms with E-state index >= 15 is 0 Å². The minimum atomic E-state index is 0. The fraction of sp³-hybridized carbons (Fsp3) is 0.200. The third-order valence-electron chi connectivity index (χ3n) is 2.96. The maximum absolute atomic E-state index is 6.19. The van der Waals surface area contributed by atoms with Crippen LogP contribution in [-0.2, 0) is 12.8 Å². The summed E-state index contributed by atoms with van der Waals surface area (Å²) in [6, 6.07) is 3.89. The summed E-state index contributed by atoms with van der Waals surface area (Å²) in [6.07, 6.45) is 4.93. The first-order valence-electron chi connectivity index (χ1n) is 6.18. The normalized spacial score (nSPS) is 9.85. The monoisotopic (exact) mass is 290 g/mol. The van der Waals surface area contributed by atoms with E-state index in [4.69, 9.17) is 5.73 Å². The van der Waals surface area contributed by atoms with Crippen LogP contribution in [0.5, 0.6) is 0 Å². The average molecular weight is 291 g/mol. The number of allylic oxidation sites excluding steroid dienone is 2. The molecule has 0 bridgehead atoms. The first-order valence-corrected chi connectivity index (χ1v) is 6.18. The van der Waals surface area contributed by atoms with Crippen LogP contribution in [0.2, 0.25) is 0 Å². The third kappa shape index (κ3) is 2.91. The average Bonchev–Trinajstić information content (AvgIpc) is 2.39. The SMILES string of the molecule is C=CCc1nc(CC=C)c2c(N)c(NC)ccc2n1.Cl. The van der Waals surface area contributed by atoms with E-state index in [2.05, 4.69) is 28.4 Å². The Hall–Kier alpha value is -2.07. The maximum atomic E-state index is 6.19. The van der Waals surface area contributed by atoms with Gasteiger partial charge < -0.3 is 11.1 Å². The molecule has 0 saturated heterocycles. The molecule has 0 aliphatic carbocycles. The number of nitrogen functional groups attached to an aromatic ring is 1. The van der Waals surface area contributed by atoms with Crippen molar-refractivity contribution in [3.8, 4) is 0 Å². The van der Waals surface area contributed by atoms with Gasteiger partial charge in [-0.1, -0.05) is 12.2 Å². The van der Waals surface area contributed by atoms with Crippen LogP contribution in [0.4, 0.5) is 11.4 Å². The Labute approximate surface area is 125 Å². The first kappa shape index (κ1) is 16.0. The van der Waals surface area contributed by atoms with Gasteiger partial charge >= 0.3 is 0 Å². The molecule has 0 saturated carbocycles. The smallest absolute Gasteiger partial charge is 0.133 e. The van der Waals surface area contributed by atoms with E-state index in [0.29, 0.717) is 18.5 Å². The summed E-state index contributed by atoms with van der Waals surface area (Å²) in [5, 5.41) is 3.98. The number of benzene rings is 1. The molecule has 0 amide bonds. The second kappa shape index (κ2) is 6.91. The molecule has 1 heterocycles. The van der Waals surface area contributed by atoms with Gasteiger partial charge in [-0.15, -0.1) is 25.6 Å². The van der Waals surface area contributed by atoms with Crippen LogP contribution in [0.25, 0.3) is 10.9 Å². The van der Waals surface area contributed by atoms with Crippen molar-refractivity contribution in [2.45, 2.75) is 12.8 Å². The van der Waals surface area contributed by atoms with Crippen LogP contribution in [-0.4, -0.2) is 17.0 Å². The van der Waals surface area contributed by atoms with Crippen molar-refractivity contribution in [2.75, 3.05) is 18.1 Å². The third-order valence-corrected chi connectivity index (χ3v) is 2.96. The number of fused-ring (bicyclic) bond motifs is 1. The zero-order valence-electron chi connectivity index (χ0n) is 11.5. The molecule has 20 heavy (non-hydrogen) atoms. The van der Waals surface area contributed by atoms with Crippen molar-refractivity contribution >= 4 is 34.7 Å². The fourth-order valence-electron chi connectivity index (χ4n) is 2.10. The van der Waals surface area contributed by atoms with Gasteiger partial charge in [-0.05, 0) is 12.1 Å². The Bertz CT molecular complexity index is 637. The van der Waals surface area contributed by atoms with Crippen LogP contribution in [0.15, 0.2) is 37.4 Å². The van der Waals surface area contributed by atoms with E-state index in [-0.39, 0.29) is 12.4 Å². The van der Waals surface area contributed by atoms with Gasteiger partial charge in [0, 0.05) is 25.3 Å². The minimum absolute atomic E-state index is 0. The quantitative estimate of drug-likeness (QED) is 0.656. The molecule has 0 spiro atoms. The molecule has 1 aromatic carbocycles. The summed E-state index contributed by atoms with van der Waals surface area (Å²) in [5.74, 6) is 0.760. The Morgan fingerprint density at radius 3 is 2.50 bits per heavy atom. The molecule has 3 N–H and O–H groups in total. The Kier molecular flexibility index (Phi) is 5.53. The van der Waals surface area contributed by atoms with Gasteiger partial charge in [0.2, 0.25) is 0 Å². The van der Waals surface area contributed by atoms with Crippen molar-refractivity contribution in [3.63, 3.8) is 0 Å². The highest BCUT2D eigenvalue weighted by molar-refractivity contribution is 5.98. The van der Waals surface area contributed by atoms with E-state index in [9.17, 15) is 0 Å². The van der Waals surface area contributed by atoms with Gasteiger partial charge in [-0.25, -0.2) is 9.97 Å². The molecule has 0 fully saturated rings. The molecular formula is C15H19ClN4. The summed E-state index contributed by atoms with van der Waals surface area (Å²) in [6.45, 7) is 7.50. The van der Waals surface area contributed by atoms with Gasteiger partial charge in [0.25, 0.3) is 0 Å². The number of nitrogens with two attached hydrogens (primary N) is 1. The first-order chi connectivity index (χ1) is 9.21. The predicted molar refractivity (Wildman–Crippen MR) is 88.5 cm³/mol. The Balaban J connectivity index is 0.00000200. The van der Waals surface area contributed by atoms with Gasteiger partial charge in [-0.2, -0.15) is 0 Å². The van der Waals surface area contributed by atoms with Crippen molar-refractivity contribution in [3.05, 3.63) is 49.0 Å². The topological polar surface area (TPSA) is 63.8 Å². The second-order valence-corrected chi connectivity index (χ2v) is 4.24. The summed E-state index contributed by atoms with van der Waals surface area (Å²) in [5.41, 5.74) is 9.53. The predicted octanol–water partition coefficient (Wildman–Crippen LogP) is 3.13. The number of anilines is 2. The van der Waals surface area contributed by atoms with E-state index in [1.54, 1.807) is 6.08 Å². The van der Waals surface area contributed by atoms with Crippen molar-refractivity contribution in [1.29, 1.82) is 0 Å². The molecule has 0 aliphatic rings. The molecule has 0 aliphatic heterocycles. The zero-order valence-corrected chi connectivity index (χ0v) is 12.3. The largest absolute Gasteiger partial charge is 0.396 e. The highest BCUT2D eigenvalue weighted by atomic mass is 35.5.